The maximum atomic E-state index is 12.4. The summed E-state index contributed by atoms with van der Waals surface area (Å²) in [4.78, 5) is 14.4. The van der Waals surface area contributed by atoms with Gasteiger partial charge in [0.2, 0.25) is 0 Å². The monoisotopic (exact) mass is 327 g/mol. The van der Waals surface area contributed by atoms with E-state index in [2.05, 4.69) is 19.9 Å². The summed E-state index contributed by atoms with van der Waals surface area (Å²) in [6.45, 7) is 5.89. The molecule has 2 aliphatic heterocycles. The van der Waals surface area contributed by atoms with E-state index in [4.69, 9.17) is 9.47 Å². The van der Waals surface area contributed by atoms with Crippen LogP contribution >= 0.6 is 0 Å². The number of carbonyl (C=O) groups excluding carboxylic acids is 1. The number of allylic oxidation sites excluding steroid dienone is 1. The van der Waals surface area contributed by atoms with Gasteiger partial charge in [0.15, 0.2) is 18.1 Å². The van der Waals surface area contributed by atoms with Gasteiger partial charge in [0, 0.05) is 25.1 Å². The van der Waals surface area contributed by atoms with Gasteiger partial charge in [0.1, 0.15) is 5.60 Å². The lowest BCUT2D eigenvalue weighted by Crippen LogP contribution is -2.39. The van der Waals surface area contributed by atoms with Crippen LogP contribution in [0.3, 0.4) is 0 Å². The standard InChI is InChI=1S/C20H25NO3/c1-20(2)12-16-4-3-5-17(19(16)24-20)23-13-18(22)21-10-8-15(9-11-21)14-6-7-14/h3-5H,6-13H2,1-2H3. The van der Waals surface area contributed by atoms with Gasteiger partial charge in [0.05, 0.1) is 0 Å². The number of piperidine rings is 1. The third-order valence-corrected chi connectivity index (χ3v) is 5.13. The summed E-state index contributed by atoms with van der Waals surface area (Å²) in [5.74, 6) is 1.56. The van der Waals surface area contributed by atoms with Crippen LogP contribution < -0.4 is 9.47 Å². The molecule has 2 fully saturated rings. The molecule has 4 nitrogen and oxygen atoms in total. The molecule has 0 spiro atoms. The van der Waals surface area contributed by atoms with Crippen molar-refractivity contribution in [2.75, 3.05) is 19.7 Å². The van der Waals surface area contributed by atoms with Gasteiger partial charge in [-0.05, 0) is 45.6 Å². The van der Waals surface area contributed by atoms with Crippen LogP contribution in [0.25, 0.3) is 0 Å². The molecule has 0 unspecified atom stereocenters. The Labute approximate surface area is 143 Å². The van der Waals surface area contributed by atoms with Gasteiger partial charge >= 0.3 is 0 Å². The van der Waals surface area contributed by atoms with Crippen LogP contribution in [0.2, 0.25) is 0 Å². The Kier molecular flexibility index (Phi) is 3.78. The minimum atomic E-state index is -0.203. The number of likely N-dealkylation sites (tertiary alicyclic amines) is 1. The molecule has 1 aromatic carbocycles. The van der Waals surface area contributed by atoms with E-state index < -0.39 is 0 Å². The van der Waals surface area contributed by atoms with Crippen LogP contribution in [0.1, 0.15) is 45.1 Å². The van der Waals surface area contributed by atoms with Gasteiger partial charge in [0.25, 0.3) is 5.91 Å². The van der Waals surface area contributed by atoms with E-state index in [1.807, 2.05) is 17.0 Å². The zero-order chi connectivity index (χ0) is 16.7. The van der Waals surface area contributed by atoms with Crippen molar-refractivity contribution >= 4 is 5.91 Å². The van der Waals surface area contributed by atoms with Gasteiger partial charge in [-0.3, -0.25) is 4.79 Å². The summed E-state index contributed by atoms with van der Waals surface area (Å²) in [6.07, 6.45) is 5.51. The molecule has 0 aromatic heterocycles. The summed E-state index contributed by atoms with van der Waals surface area (Å²) in [6, 6.07) is 5.92. The molecular formula is C20H25NO3. The molecule has 0 atom stereocenters. The smallest absolute Gasteiger partial charge is 0.260 e. The summed E-state index contributed by atoms with van der Waals surface area (Å²) in [7, 11) is 0. The second-order valence-corrected chi connectivity index (χ2v) is 7.66. The predicted molar refractivity (Wildman–Crippen MR) is 92.4 cm³/mol. The van der Waals surface area contributed by atoms with Gasteiger partial charge in [-0.1, -0.05) is 23.3 Å². The molecule has 0 N–H and O–H groups in total. The highest BCUT2D eigenvalue weighted by molar-refractivity contribution is 5.78. The molecule has 1 saturated heterocycles. The van der Waals surface area contributed by atoms with Crippen LogP contribution in [-0.4, -0.2) is 36.1 Å². The highest BCUT2D eigenvalue weighted by Gasteiger charge is 2.32. The molecule has 1 saturated carbocycles. The van der Waals surface area contributed by atoms with E-state index >= 15 is 0 Å². The maximum Gasteiger partial charge on any atom is 0.260 e. The second-order valence-electron chi connectivity index (χ2n) is 7.66. The van der Waals surface area contributed by atoms with Crippen molar-refractivity contribution in [2.24, 2.45) is 0 Å². The average Bonchev–Trinajstić information content (AvgIpc) is 3.35. The molecule has 3 aliphatic rings. The zero-order valence-corrected chi connectivity index (χ0v) is 14.6. The van der Waals surface area contributed by atoms with Crippen molar-refractivity contribution in [3.8, 4) is 11.5 Å². The fraction of sp³-hybridized carbons (Fsp3) is 0.550. The van der Waals surface area contributed by atoms with Crippen molar-refractivity contribution in [3.05, 3.63) is 34.9 Å². The first-order valence-electron chi connectivity index (χ1n) is 8.93. The summed E-state index contributed by atoms with van der Waals surface area (Å²) in [5, 5.41) is 0. The number of rotatable bonds is 3. The van der Waals surface area contributed by atoms with Crippen molar-refractivity contribution in [1.82, 2.24) is 4.90 Å². The third-order valence-electron chi connectivity index (χ3n) is 5.13. The van der Waals surface area contributed by atoms with E-state index in [0.29, 0.717) is 5.75 Å². The quantitative estimate of drug-likeness (QED) is 0.798. The SMILES string of the molecule is CC1(C)Cc2cccc(OCC(=O)N3CCC(=C4CC4)CC3)c2O1. The molecule has 1 amide bonds. The highest BCUT2D eigenvalue weighted by atomic mass is 16.5. The van der Waals surface area contributed by atoms with E-state index in [1.54, 1.807) is 11.1 Å². The van der Waals surface area contributed by atoms with Crippen molar-refractivity contribution in [3.63, 3.8) is 0 Å². The Hall–Kier alpha value is -1.97. The Morgan fingerprint density at radius 3 is 2.58 bits per heavy atom. The van der Waals surface area contributed by atoms with Crippen LogP contribution in [0, 0.1) is 0 Å². The van der Waals surface area contributed by atoms with Crippen LogP contribution in [-0.2, 0) is 11.2 Å². The molecule has 1 aliphatic carbocycles. The van der Waals surface area contributed by atoms with E-state index in [1.165, 1.54) is 12.8 Å². The van der Waals surface area contributed by atoms with Gasteiger partial charge in [-0.25, -0.2) is 0 Å². The van der Waals surface area contributed by atoms with Crippen LogP contribution in [0.5, 0.6) is 11.5 Å². The number of para-hydroxylation sites is 1. The lowest BCUT2D eigenvalue weighted by Gasteiger charge is -2.28. The molecule has 128 valence electrons. The average molecular weight is 327 g/mol. The largest absolute Gasteiger partial charge is 0.483 e. The number of nitrogens with zero attached hydrogens (tertiary/aromatic N) is 1. The van der Waals surface area contributed by atoms with Crippen LogP contribution in [0.4, 0.5) is 0 Å². The molecular weight excluding hydrogens is 302 g/mol. The van der Waals surface area contributed by atoms with Gasteiger partial charge in [-0.2, -0.15) is 0 Å². The first kappa shape index (κ1) is 15.6. The second kappa shape index (κ2) is 5.83. The number of amides is 1. The molecule has 1 aromatic rings. The third kappa shape index (κ3) is 3.14. The highest BCUT2D eigenvalue weighted by Crippen LogP contribution is 2.41. The minimum absolute atomic E-state index is 0.0738. The zero-order valence-electron chi connectivity index (χ0n) is 14.6. The number of hydrogen-bond donors (Lipinski definition) is 0. The fourth-order valence-electron chi connectivity index (χ4n) is 3.73. The van der Waals surface area contributed by atoms with Gasteiger partial charge < -0.3 is 14.4 Å². The number of ether oxygens (including phenoxy) is 2. The molecule has 4 heteroatoms. The molecule has 4 rings (SSSR count). The van der Waals surface area contributed by atoms with Crippen molar-refractivity contribution in [1.29, 1.82) is 0 Å². The Balaban J connectivity index is 1.35. The van der Waals surface area contributed by atoms with E-state index in [-0.39, 0.29) is 18.1 Å². The number of benzene rings is 1. The Morgan fingerprint density at radius 1 is 1.17 bits per heavy atom. The molecule has 0 radical (unpaired) electrons. The Morgan fingerprint density at radius 2 is 1.88 bits per heavy atom. The maximum absolute atomic E-state index is 12.4. The lowest BCUT2D eigenvalue weighted by atomic mass is 10.0. The minimum Gasteiger partial charge on any atom is -0.483 e. The Bertz CT molecular complexity index is 689. The fourth-order valence-corrected chi connectivity index (χ4v) is 3.73. The van der Waals surface area contributed by atoms with Crippen molar-refractivity contribution in [2.45, 2.75) is 51.6 Å². The normalized spacial score (nSPS) is 21.3. The lowest BCUT2D eigenvalue weighted by molar-refractivity contribution is -0.133. The summed E-state index contributed by atoms with van der Waals surface area (Å²) >= 11 is 0. The number of fused-ring (bicyclic) bond motifs is 1. The topological polar surface area (TPSA) is 38.8 Å². The van der Waals surface area contributed by atoms with Crippen LogP contribution in [0.15, 0.2) is 29.3 Å². The molecule has 2 heterocycles. The van der Waals surface area contributed by atoms with E-state index in [9.17, 15) is 4.79 Å². The number of hydrogen-bond acceptors (Lipinski definition) is 3. The van der Waals surface area contributed by atoms with Gasteiger partial charge in [-0.15, -0.1) is 0 Å². The summed E-state index contributed by atoms with van der Waals surface area (Å²) in [5.41, 5.74) is 4.18. The molecule has 24 heavy (non-hydrogen) atoms. The first-order valence-corrected chi connectivity index (χ1v) is 8.93. The first-order chi connectivity index (χ1) is 11.5. The molecule has 0 bridgehead atoms. The summed E-state index contributed by atoms with van der Waals surface area (Å²) < 4.78 is 11.8. The van der Waals surface area contributed by atoms with Crippen molar-refractivity contribution < 1.29 is 14.3 Å². The predicted octanol–water partition coefficient (Wildman–Crippen LogP) is 3.49. The number of carbonyl (C=O) groups is 1. The van der Waals surface area contributed by atoms with E-state index in [0.717, 1.165) is 43.7 Å².